The molecule has 36 heavy (non-hydrogen) atoms. The summed E-state index contributed by atoms with van der Waals surface area (Å²) in [6.45, 7) is 2.27. The van der Waals surface area contributed by atoms with E-state index < -0.39 is 5.82 Å². The molecule has 1 N–H and O–H groups in total. The molecule has 4 heterocycles. The van der Waals surface area contributed by atoms with Gasteiger partial charge in [0.2, 0.25) is 5.95 Å². The lowest BCUT2D eigenvalue weighted by atomic mass is 9.88. The normalized spacial score (nSPS) is 22.0. The molecule has 3 aliphatic rings. The highest BCUT2D eigenvalue weighted by Crippen LogP contribution is 2.39. The van der Waals surface area contributed by atoms with Crippen LogP contribution in [0, 0.1) is 17.1 Å². The molecule has 3 fully saturated rings. The van der Waals surface area contributed by atoms with E-state index in [1.54, 1.807) is 16.8 Å². The summed E-state index contributed by atoms with van der Waals surface area (Å²) >= 11 is 0. The van der Waals surface area contributed by atoms with E-state index in [1.807, 2.05) is 7.05 Å². The summed E-state index contributed by atoms with van der Waals surface area (Å²) < 4.78 is 16.5. The van der Waals surface area contributed by atoms with Crippen molar-refractivity contribution in [2.24, 2.45) is 0 Å². The first kappa shape index (κ1) is 22.8. The topological polar surface area (TPSA) is 112 Å². The molecule has 0 radical (unpaired) electrons. The van der Waals surface area contributed by atoms with E-state index >= 15 is 0 Å². The molecule has 11 heteroatoms. The zero-order chi connectivity index (χ0) is 24.6. The Morgan fingerprint density at radius 1 is 1.14 bits per heavy atom. The monoisotopic (exact) mass is 488 g/mol. The minimum absolute atomic E-state index is 0.221. The number of tetrazole rings is 1. The van der Waals surface area contributed by atoms with Gasteiger partial charge in [0.25, 0.3) is 0 Å². The van der Waals surface area contributed by atoms with Gasteiger partial charge in [0.15, 0.2) is 11.6 Å². The number of benzene rings is 1. The Balaban J connectivity index is 1.28. The molecule has 1 aliphatic carbocycles. The summed E-state index contributed by atoms with van der Waals surface area (Å²) in [5.74, 6) is 1.51. The number of likely N-dealkylation sites (N-methyl/N-ethyl adjacent to an activating group) is 1. The largest absolute Gasteiger partial charge is 0.354 e. The number of fused-ring (bicyclic) bond motifs is 1. The van der Waals surface area contributed by atoms with Crippen LogP contribution in [0.1, 0.15) is 62.3 Å². The van der Waals surface area contributed by atoms with Crippen molar-refractivity contribution in [2.45, 2.75) is 62.9 Å². The lowest BCUT2D eigenvalue weighted by Gasteiger charge is -2.47. The quantitative estimate of drug-likeness (QED) is 0.557. The third-order valence-corrected chi connectivity index (χ3v) is 7.65. The average Bonchev–Trinajstić information content (AvgIpc) is 3.65. The minimum Gasteiger partial charge on any atom is -0.354 e. The fraction of sp³-hybridized carbons (Fsp3) is 0.520. The standard InChI is InChI=1S/C25H29FN10/c1-34(21-6-4-12-35-11-3-2-5-22(21)35)23-17(14-27)15-28-25(30-23)29-20-13-18(9-10-19(20)26)36-24(16-7-8-16)31-32-33-36/h9-10,13,15-16,21-22H,2-8,11-12H2,1H3,(H,28,29,30)/t21-,22+/m0/s1. The fourth-order valence-electron chi connectivity index (χ4n) is 5.65. The van der Waals surface area contributed by atoms with Gasteiger partial charge in [-0.05, 0) is 80.2 Å². The molecule has 10 nitrogen and oxygen atoms in total. The molecule has 2 atom stereocenters. The number of hydrogen-bond donors (Lipinski definition) is 1. The smallest absolute Gasteiger partial charge is 0.229 e. The first-order valence-electron chi connectivity index (χ1n) is 12.7. The SMILES string of the molecule is CN(c1nc(Nc2cc(-n3nnnc3C3CC3)ccc2F)ncc1C#N)[C@H]1CCCN2CCCC[C@H]12. The zero-order valence-electron chi connectivity index (χ0n) is 20.3. The minimum atomic E-state index is -0.437. The predicted molar refractivity (Wildman–Crippen MR) is 132 cm³/mol. The highest BCUT2D eigenvalue weighted by atomic mass is 19.1. The number of hydrogen-bond acceptors (Lipinski definition) is 9. The van der Waals surface area contributed by atoms with Crippen molar-refractivity contribution in [3.8, 4) is 11.8 Å². The van der Waals surface area contributed by atoms with Crippen molar-refractivity contribution >= 4 is 17.5 Å². The van der Waals surface area contributed by atoms with E-state index in [9.17, 15) is 9.65 Å². The third-order valence-electron chi connectivity index (χ3n) is 7.65. The van der Waals surface area contributed by atoms with E-state index in [2.05, 4.69) is 46.7 Å². The van der Waals surface area contributed by atoms with Crippen molar-refractivity contribution in [1.29, 1.82) is 5.26 Å². The Morgan fingerprint density at radius 3 is 2.83 bits per heavy atom. The number of halogens is 1. The summed E-state index contributed by atoms with van der Waals surface area (Å²) in [6, 6.07) is 7.66. The van der Waals surface area contributed by atoms with E-state index in [-0.39, 0.29) is 17.7 Å². The van der Waals surface area contributed by atoms with E-state index in [4.69, 9.17) is 0 Å². The van der Waals surface area contributed by atoms with Gasteiger partial charge >= 0.3 is 0 Å². The Hall–Kier alpha value is -3.65. The summed E-state index contributed by atoms with van der Waals surface area (Å²) in [5, 5.41) is 24.8. The van der Waals surface area contributed by atoms with E-state index in [0.717, 1.165) is 51.0 Å². The molecule has 0 unspecified atom stereocenters. The van der Waals surface area contributed by atoms with Crippen LogP contribution < -0.4 is 10.2 Å². The third kappa shape index (κ3) is 4.26. The molecule has 0 bridgehead atoms. The van der Waals surface area contributed by atoms with Gasteiger partial charge in [-0.1, -0.05) is 6.42 Å². The van der Waals surface area contributed by atoms with Gasteiger partial charge in [0, 0.05) is 25.0 Å². The Morgan fingerprint density at radius 2 is 2.00 bits per heavy atom. The van der Waals surface area contributed by atoms with Crippen LogP contribution in [0.25, 0.3) is 5.69 Å². The number of anilines is 3. The maximum absolute atomic E-state index is 14.8. The van der Waals surface area contributed by atoms with Gasteiger partial charge in [-0.25, -0.2) is 9.37 Å². The van der Waals surface area contributed by atoms with Crippen molar-refractivity contribution < 1.29 is 4.39 Å². The van der Waals surface area contributed by atoms with Gasteiger partial charge in [-0.2, -0.15) is 14.9 Å². The number of rotatable bonds is 6. The molecule has 1 saturated carbocycles. The number of nitrogens with zero attached hydrogens (tertiary/aromatic N) is 9. The molecule has 1 aromatic carbocycles. The molecule has 3 aromatic rings. The number of nitriles is 1. The van der Waals surface area contributed by atoms with Gasteiger partial charge in [0.1, 0.15) is 17.4 Å². The summed E-state index contributed by atoms with van der Waals surface area (Å²) in [5.41, 5.74) is 1.29. The van der Waals surface area contributed by atoms with Crippen molar-refractivity contribution in [3.05, 3.63) is 41.6 Å². The highest BCUT2D eigenvalue weighted by molar-refractivity contribution is 5.62. The molecule has 186 valence electrons. The number of nitrogens with one attached hydrogen (secondary N) is 1. The second kappa shape index (κ2) is 9.43. The highest BCUT2D eigenvalue weighted by Gasteiger charge is 2.36. The van der Waals surface area contributed by atoms with Crippen LogP contribution in [0.5, 0.6) is 0 Å². The lowest BCUT2D eigenvalue weighted by molar-refractivity contribution is 0.0893. The van der Waals surface area contributed by atoms with Crippen LogP contribution in [0.3, 0.4) is 0 Å². The first-order valence-corrected chi connectivity index (χ1v) is 12.7. The molecule has 0 amide bonds. The molecular weight excluding hydrogens is 459 g/mol. The van der Waals surface area contributed by atoms with Crippen LogP contribution >= 0.6 is 0 Å². The van der Waals surface area contributed by atoms with Crippen molar-refractivity contribution in [1.82, 2.24) is 35.1 Å². The van der Waals surface area contributed by atoms with Crippen LogP contribution in [-0.2, 0) is 0 Å². The van der Waals surface area contributed by atoms with Crippen LogP contribution in [0.4, 0.5) is 21.8 Å². The number of piperidine rings is 2. The Bertz CT molecular complexity index is 1290. The van der Waals surface area contributed by atoms with Gasteiger partial charge in [0.05, 0.1) is 17.6 Å². The lowest BCUT2D eigenvalue weighted by Crippen LogP contribution is -2.56. The summed E-state index contributed by atoms with van der Waals surface area (Å²) in [7, 11) is 2.01. The predicted octanol–water partition coefficient (Wildman–Crippen LogP) is 3.54. The van der Waals surface area contributed by atoms with Crippen molar-refractivity contribution in [3.63, 3.8) is 0 Å². The second-order valence-electron chi connectivity index (χ2n) is 9.97. The average molecular weight is 489 g/mol. The van der Waals surface area contributed by atoms with Crippen molar-refractivity contribution in [2.75, 3.05) is 30.4 Å². The maximum atomic E-state index is 14.8. The van der Waals surface area contributed by atoms with E-state index in [1.165, 1.54) is 25.1 Å². The molecule has 0 spiro atoms. The van der Waals surface area contributed by atoms with Gasteiger partial charge in [-0.15, -0.1) is 5.10 Å². The molecule has 2 aliphatic heterocycles. The number of aromatic nitrogens is 6. The molecule has 6 rings (SSSR count). The second-order valence-corrected chi connectivity index (χ2v) is 9.97. The summed E-state index contributed by atoms with van der Waals surface area (Å²) in [6.07, 6.45) is 9.44. The van der Waals surface area contributed by atoms with Crippen LogP contribution in [-0.4, -0.2) is 67.3 Å². The molecule has 2 saturated heterocycles. The fourth-order valence-corrected chi connectivity index (χ4v) is 5.65. The first-order chi connectivity index (χ1) is 17.6. The molecule has 2 aromatic heterocycles. The van der Waals surface area contributed by atoms with Crippen LogP contribution in [0.15, 0.2) is 24.4 Å². The van der Waals surface area contributed by atoms with Gasteiger partial charge < -0.3 is 10.2 Å². The Kier molecular flexibility index (Phi) is 5.97. The molecular formula is C25H29FN10. The van der Waals surface area contributed by atoms with E-state index in [0.29, 0.717) is 29.0 Å². The van der Waals surface area contributed by atoms with Gasteiger partial charge in [-0.3, -0.25) is 4.90 Å². The zero-order valence-corrected chi connectivity index (χ0v) is 20.3. The Labute approximate surface area is 209 Å². The maximum Gasteiger partial charge on any atom is 0.229 e. The summed E-state index contributed by atoms with van der Waals surface area (Å²) in [4.78, 5) is 13.7. The van der Waals surface area contributed by atoms with Crippen LogP contribution in [0.2, 0.25) is 0 Å².